The summed E-state index contributed by atoms with van der Waals surface area (Å²) >= 11 is 0. The predicted octanol–water partition coefficient (Wildman–Crippen LogP) is 7.85. The van der Waals surface area contributed by atoms with Crippen LogP contribution in [0.15, 0.2) is 140 Å². The Labute approximate surface area is 274 Å². The summed E-state index contributed by atoms with van der Waals surface area (Å²) < 4.78 is 1.92. The number of aliphatic carboxylic acids is 1. The maximum absolute atomic E-state index is 12.6. The molecule has 0 radical (unpaired) electrons. The van der Waals surface area contributed by atoms with E-state index in [1.807, 2.05) is 115 Å². The van der Waals surface area contributed by atoms with Gasteiger partial charge in [-0.2, -0.15) is 0 Å². The fourth-order valence-electron chi connectivity index (χ4n) is 6.34. The molecule has 0 saturated carbocycles. The molecule has 0 aliphatic heterocycles. The third-order valence-corrected chi connectivity index (χ3v) is 8.70. The standard InChI is InChI=1S/C40H36N4O3/c1-2-3-23-37(45)36(39(46)47)28-29-24-26-30(27-25-29)34-21-13-14-22-35(34)38-41-42-43-44(38)40(31-15-7-4-8-16-31,32-17-9-5-10-18-32)33-19-11-6-12-20-33/h4-22,24-27,36H,2-3,23,28H2,1H3,(H,46,47). The van der Waals surface area contributed by atoms with E-state index in [1.54, 1.807) is 0 Å². The lowest BCUT2D eigenvalue weighted by molar-refractivity contribution is -0.146. The molecular weight excluding hydrogens is 584 g/mol. The summed E-state index contributed by atoms with van der Waals surface area (Å²) in [5.74, 6) is -1.76. The lowest BCUT2D eigenvalue weighted by Crippen LogP contribution is -2.39. The number of rotatable bonds is 13. The van der Waals surface area contributed by atoms with Crippen molar-refractivity contribution in [3.63, 3.8) is 0 Å². The minimum absolute atomic E-state index is 0.159. The maximum Gasteiger partial charge on any atom is 0.314 e. The average molecular weight is 621 g/mol. The number of tetrazole rings is 1. The number of hydrogen-bond acceptors (Lipinski definition) is 5. The molecule has 0 aliphatic carbocycles. The number of aromatic nitrogens is 4. The van der Waals surface area contributed by atoms with Crippen LogP contribution in [0.1, 0.15) is 48.4 Å². The lowest BCUT2D eigenvalue weighted by atomic mass is 9.77. The van der Waals surface area contributed by atoms with Crippen LogP contribution in [0.25, 0.3) is 22.5 Å². The minimum Gasteiger partial charge on any atom is -0.481 e. The number of benzene rings is 5. The Morgan fingerprint density at radius 1 is 0.702 bits per heavy atom. The van der Waals surface area contributed by atoms with E-state index >= 15 is 0 Å². The molecule has 1 aromatic heterocycles. The highest BCUT2D eigenvalue weighted by Gasteiger charge is 2.42. The fraction of sp³-hybridized carbons (Fsp3) is 0.175. The normalized spacial score (nSPS) is 12.0. The molecule has 1 N–H and O–H groups in total. The van der Waals surface area contributed by atoms with Gasteiger partial charge >= 0.3 is 5.97 Å². The molecule has 6 aromatic rings. The van der Waals surface area contributed by atoms with Crippen LogP contribution in [0.4, 0.5) is 0 Å². The molecular formula is C40H36N4O3. The van der Waals surface area contributed by atoms with Crippen LogP contribution in [-0.4, -0.2) is 37.1 Å². The van der Waals surface area contributed by atoms with Crippen molar-refractivity contribution in [1.82, 2.24) is 20.2 Å². The molecule has 1 heterocycles. The highest BCUT2D eigenvalue weighted by atomic mass is 16.4. The molecule has 0 spiro atoms. The van der Waals surface area contributed by atoms with E-state index in [4.69, 9.17) is 5.21 Å². The van der Waals surface area contributed by atoms with Crippen LogP contribution in [0.3, 0.4) is 0 Å². The molecule has 7 heteroatoms. The summed E-state index contributed by atoms with van der Waals surface area (Å²) in [6, 6.07) is 46.6. The Bertz CT molecular complexity index is 1840. The molecule has 0 bridgehead atoms. The van der Waals surface area contributed by atoms with Crippen molar-refractivity contribution in [1.29, 1.82) is 0 Å². The van der Waals surface area contributed by atoms with Crippen LogP contribution < -0.4 is 0 Å². The monoisotopic (exact) mass is 620 g/mol. The second kappa shape index (κ2) is 14.2. The number of Topliss-reactive ketones (excluding diaryl/α,β-unsaturated/α-hetero) is 1. The lowest BCUT2D eigenvalue weighted by Gasteiger charge is -2.36. The Morgan fingerprint density at radius 3 is 1.72 bits per heavy atom. The second-order valence-corrected chi connectivity index (χ2v) is 11.6. The van der Waals surface area contributed by atoms with Crippen LogP contribution in [-0.2, 0) is 21.5 Å². The summed E-state index contributed by atoms with van der Waals surface area (Å²) in [5, 5.41) is 23.4. The van der Waals surface area contributed by atoms with Gasteiger partial charge in [0.05, 0.1) is 0 Å². The zero-order valence-corrected chi connectivity index (χ0v) is 26.2. The van der Waals surface area contributed by atoms with Gasteiger partial charge in [-0.05, 0) is 56.6 Å². The second-order valence-electron chi connectivity index (χ2n) is 11.6. The number of hydrogen-bond donors (Lipinski definition) is 1. The van der Waals surface area contributed by atoms with Crippen molar-refractivity contribution in [3.8, 4) is 22.5 Å². The van der Waals surface area contributed by atoms with Crippen LogP contribution in [0.2, 0.25) is 0 Å². The third-order valence-electron chi connectivity index (χ3n) is 8.70. The van der Waals surface area contributed by atoms with Gasteiger partial charge in [0.1, 0.15) is 17.2 Å². The van der Waals surface area contributed by atoms with E-state index in [0.29, 0.717) is 12.2 Å². The zero-order chi connectivity index (χ0) is 32.6. The van der Waals surface area contributed by atoms with Crippen LogP contribution >= 0.6 is 0 Å². The summed E-state index contributed by atoms with van der Waals surface area (Å²) in [6.07, 6.45) is 1.98. The van der Waals surface area contributed by atoms with Gasteiger partial charge in [0.15, 0.2) is 5.82 Å². The molecule has 0 saturated heterocycles. The SMILES string of the molecule is CCCCC(=O)C(Cc1ccc(-c2ccccc2-c2nnnn2C(c2ccccc2)(c2ccccc2)c2ccccc2)cc1)C(=O)O. The predicted molar refractivity (Wildman–Crippen MR) is 183 cm³/mol. The Balaban J connectivity index is 1.46. The number of carbonyl (C=O) groups is 2. The molecule has 0 aliphatic rings. The number of ketones is 1. The van der Waals surface area contributed by atoms with Crippen molar-refractivity contribution >= 4 is 11.8 Å². The number of carboxylic acids is 1. The Morgan fingerprint density at radius 2 is 1.21 bits per heavy atom. The van der Waals surface area contributed by atoms with Crippen molar-refractivity contribution in [2.45, 2.75) is 38.1 Å². The third kappa shape index (κ3) is 6.25. The summed E-state index contributed by atoms with van der Waals surface area (Å²) in [7, 11) is 0. The van der Waals surface area contributed by atoms with E-state index < -0.39 is 17.4 Å². The summed E-state index contributed by atoms with van der Waals surface area (Å²) in [5.41, 5.74) is 5.62. The van der Waals surface area contributed by atoms with Gasteiger partial charge in [-0.25, -0.2) is 4.68 Å². The van der Waals surface area contributed by atoms with Gasteiger partial charge in [0.25, 0.3) is 0 Å². The topological polar surface area (TPSA) is 98.0 Å². The Hall–Kier alpha value is -5.69. The van der Waals surface area contributed by atoms with Gasteiger partial charge < -0.3 is 5.11 Å². The van der Waals surface area contributed by atoms with E-state index in [9.17, 15) is 14.7 Å². The summed E-state index contributed by atoms with van der Waals surface area (Å²) in [4.78, 5) is 24.6. The van der Waals surface area contributed by atoms with Crippen molar-refractivity contribution in [2.24, 2.45) is 5.92 Å². The van der Waals surface area contributed by atoms with E-state index in [-0.39, 0.29) is 18.6 Å². The van der Waals surface area contributed by atoms with Gasteiger partial charge in [-0.3, -0.25) is 9.59 Å². The first-order valence-corrected chi connectivity index (χ1v) is 15.9. The molecule has 5 aromatic carbocycles. The molecule has 47 heavy (non-hydrogen) atoms. The molecule has 7 nitrogen and oxygen atoms in total. The minimum atomic E-state index is -1.08. The first kappa shape index (κ1) is 31.3. The smallest absolute Gasteiger partial charge is 0.314 e. The van der Waals surface area contributed by atoms with Gasteiger partial charge in [0.2, 0.25) is 0 Å². The number of nitrogens with zero attached hydrogens (tertiary/aromatic N) is 4. The largest absolute Gasteiger partial charge is 0.481 e. The highest BCUT2D eigenvalue weighted by Crippen LogP contribution is 2.43. The van der Waals surface area contributed by atoms with E-state index in [0.717, 1.165) is 45.4 Å². The van der Waals surface area contributed by atoms with Crippen LogP contribution in [0, 0.1) is 5.92 Å². The molecule has 234 valence electrons. The average Bonchev–Trinajstić information content (AvgIpc) is 3.61. The molecule has 6 rings (SSSR count). The Kier molecular flexibility index (Phi) is 9.43. The zero-order valence-electron chi connectivity index (χ0n) is 26.2. The van der Waals surface area contributed by atoms with Crippen molar-refractivity contribution in [2.75, 3.05) is 0 Å². The van der Waals surface area contributed by atoms with Gasteiger partial charge in [0, 0.05) is 12.0 Å². The molecule has 1 atom stereocenters. The van der Waals surface area contributed by atoms with Crippen molar-refractivity contribution in [3.05, 3.63) is 162 Å². The number of carboxylic acid groups (broad SMARTS) is 1. The van der Waals surface area contributed by atoms with E-state index in [1.165, 1.54) is 0 Å². The number of unbranched alkanes of at least 4 members (excludes halogenated alkanes) is 1. The van der Waals surface area contributed by atoms with Crippen LogP contribution in [0.5, 0.6) is 0 Å². The highest BCUT2D eigenvalue weighted by molar-refractivity contribution is 5.98. The first-order valence-electron chi connectivity index (χ1n) is 15.9. The molecule has 1 unspecified atom stereocenters. The quantitative estimate of drug-likeness (QED) is 0.104. The molecule has 0 amide bonds. The van der Waals surface area contributed by atoms with Gasteiger partial charge in [-0.1, -0.05) is 153 Å². The summed E-state index contributed by atoms with van der Waals surface area (Å²) in [6.45, 7) is 1.99. The maximum atomic E-state index is 12.6. The fourth-order valence-corrected chi connectivity index (χ4v) is 6.34. The van der Waals surface area contributed by atoms with Gasteiger partial charge in [-0.15, -0.1) is 5.10 Å². The molecule has 0 fully saturated rings. The number of carbonyl (C=O) groups excluding carboxylic acids is 1. The first-order chi connectivity index (χ1) is 23.0. The van der Waals surface area contributed by atoms with E-state index in [2.05, 4.69) is 46.7 Å². The van der Waals surface area contributed by atoms with Crippen molar-refractivity contribution < 1.29 is 14.7 Å².